The van der Waals surface area contributed by atoms with Crippen LogP contribution in [0.1, 0.15) is 0 Å². The zero-order valence-electron chi connectivity index (χ0n) is 19.7. The maximum atomic E-state index is 14.2. The molecule has 4 nitrogen and oxygen atoms in total. The summed E-state index contributed by atoms with van der Waals surface area (Å²) >= 11 is 0. The molecule has 284 valence electrons. The predicted molar refractivity (Wildman–Crippen MR) is 75.8 cm³/mol. The van der Waals surface area contributed by atoms with Crippen LogP contribution in [0.2, 0.25) is 0 Å². The van der Waals surface area contributed by atoms with Crippen molar-refractivity contribution in [2.24, 2.45) is 0 Å². The molecule has 0 saturated heterocycles. The second-order valence-corrected chi connectivity index (χ2v) is 7.70. The molecule has 0 aliphatic rings. The third-order valence-corrected chi connectivity index (χ3v) is 4.25. The fourth-order valence-corrected chi connectivity index (χ4v) is 2.01. The van der Waals surface area contributed by atoms with E-state index in [1.807, 2.05) is 0 Å². The largest absolute Gasteiger partial charge is 0.462 e. The highest BCUT2D eigenvalue weighted by Crippen LogP contribution is 2.60. The molecule has 33 heteroatoms. The van der Waals surface area contributed by atoms with Crippen molar-refractivity contribution in [1.29, 1.82) is 0 Å². The minimum atomic E-state index is -9.13. The van der Waals surface area contributed by atoms with Crippen LogP contribution in [0, 0.1) is 0 Å². The summed E-state index contributed by atoms with van der Waals surface area (Å²) in [5, 5.41) is 0. The number of alkyl halides is 29. The molecule has 0 aliphatic heterocycles. The van der Waals surface area contributed by atoms with Gasteiger partial charge in [-0.25, -0.2) is 4.39 Å². The maximum Gasteiger partial charge on any atom is 0.462 e. The summed E-state index contributed by atoms with van der Waals surface area (Å²) in [6.45, 7) is 0. The van der Waals surface area contributed by atoms with Crippen molar-refractivity contribution in [3.8, 4) is 0 Å². The second-order valence-electron chi connectivity index (χ2n) is 7.70. The highest BCUT2D eigenvalue weighted by molar-refractivity contribution is 4.98. The molecule has 0 aromatic rings. The number of rotatable bonds is 12. The third kappa shape index (κ3) is 7.84. The summed E-state index contributed by atoms with van der Waals surface area (Å²) in [6.07, 6.45) is -81.9. The fraction of sp³-hybridized carbons (Fsp3) is 1.00. The molecule has 0 fully saturated rings. The monoisotopic (exact) mass is 784 g/mol. The zero-order valence-corrected chi connectivity index (χ0v) is 19.7. The lowest BCUT2D eigenvalue weighted by atomic mass is 10.2. The smallest absolute Gasteiger partial charge is 0.272 e. The molecule has 4 atom stereocenters. The lowest BCUT2D eigenvalue weighted by Gasteiger charge is -2.43. The average Bonchev–Trinajstić information content (AvgIpc) is 2.73. The van der Waals surface area contributed by atoms with Gasteiger partial charge in [-0.2, -0.15) is 123 Å². The molecule has 47 heavy (non-hydrogen) atoms. The SMILES string of the molecule is F[C@H](OC(F)(F)[C@](F)(OC(F)(F)[C@](F)(OC(F)(F)[C@@](F)(OC(F)(F)C(F)(F)C(F)(F)F)C(F)(F)F)C(F)(F)F)C(F)(F)F)C(F)(F)F. The van der Waals surface area contributed by atoms with Crippen molar-refractivity contribution in [1.82, 2.24) is 0 Å². The van der Waals surface area contributed by atoms with Gasteiger partial charge in [0.15, 0.2) is 0 Å². The van der Waals surface area contributed by atoms with Crippen LogP contribution in [-0.4, -0.2) is 85.2 Å². The number of hydrogen-bond acceptors (Lipinski definition) is 4. The van der Waals surface area contributed by atoms with Gasteiger partial charge in [-0.3, -0.25) is 18.9 Å². The molecule has 0 rings (SSSR count). The summed E-state index contributed by atoms with van der Waals surface area (Å²) in [7, 11) is 0. The molecule has 0 aromatic carbocycles. The van der Waals surface area contributed by atoms with Crippen LogP contribution in [0.3, 0.4) is 0 Å². The Morgan fingerprint density at radius 1 is 0.298 bits per heavy atom. The van der Waals surface area contributed by atoms with Gasteiger partial charge in [-0.05, 0) is 0 Å². The maximum absolute atomic E-state index is 14.2. The van der Waals surface area contributed by atoms with Crippen molar-refractivity contribution < 1.29 is 146 Å². The van der Waals surface area contributed by atoms with E-state index in [4.69, 9.17) is 0 Å². The predicted octanol–water partition coefficient (Wildman–Crippen LogP) is 9.16. The number of ether oxygens (including phenoxy) is 4. The summed E-state index contributed by atoms with van der Waals surface area (Å²) < 4.78 is 381. The van der Waals surface area contributed by atoms with Crippen LogP contribution in [0.25, 0.3) is 0 Å². The number of halogens is 29. The Bertz CT molecular complexity index is 1080. The van der Waals surface area contributed by atoms with Crippen molar-refractivity contribution in [3.63, 3.8) is 0 Å². The lowest BCUT2D eigenvalue weighted by Crippen LogP contribution is -2.71. The first-order valence-electron chi connectivity index (χ1n) is 9.46. The van der Waals surface area contributed by atoms with Crippen molar-refractivity contribution >= 4 is 0 Å². The average molecular weight is 784 g/mol. The Balaban J connectivity index is 7.48. The molecule has 0 heterocycles. The van der Waals surface area contributed by atoms with Crippen LogP contribution < -0.4 is 0 Å². The molecule has 0 radical (unpaired) electrons. The summed E-state index contributed by atoms with van der Waals surface area (Å²) in [4.78, 5) is 0. The van der Waals surface area contributed by atoms with Gasteiger partial charge in [-0.15, -0.1) is 0 Å². The van der Waals surface area contributed by atoms with Crippen molar-refractivity contribution in [2.45, 2.75) is 85.2 Å². The quantitative estimate of drug-likeness (QED) is 0.185. The summed E-state index contributed by atoms with van der Waals surface area (Å²) in [6, 6.07) is 0. The van der Waals surface area contributed by atoms with E-state index in [2.05, 4.69) is 0 Å². The summed E-state index contributed by atoms with van der Waals surface area (Å²) in [5.74, 6) is -35.1. The minimum absolute atomic E-state index is 0.844. The highest BCUT2D eigenvalue weighted by Gasteiger charge is 2.89. The topological polar surface area (TPSA) is 36.9 Å². The molecule has 0 aromatic heterocycles. The van der Waals surface area contributed by atoms with Gasteiger partial charge >= 0.3 is 78.8 Å². The lowest BCUT2D eigenvalue weighted by molar-refractivity contribution is -0.590. The standard InChI is InChI=1S/C14HF29O4/c15-1(2(16,17)18)44-12(38,39)4(21,8(27,28)29)46-14(42,43)6(23,10(33,34)35)47-13(40,41)5(22,9(30,31)32)45-11(36,37)3(19,20)7(24,25)26/h1H/t1-,4-,5+,6-/m1/s1. The van der Waals surface area contributed by atoms with E-state index in [0.29, 0.717) is 0 Å². The van der Waals surface area contributed by atoms with E-state index in [0.717, 1.165) is 14.2 Å². The highest BCUT2D eigenvalue weighted by atomic mass is 19.4. The molecule has 0 aliphatic carbocycles. The molecule has 0 N–H and O–H groups in total. The van der Waals surface area contributed by atoms with Crippen LogP contribution >= 0.6 is 0 Å². The molecule has 0 bridgehead atoms. The van der Waals surface area contributed by atoms with Gasteiger partial charge in [0.05, 0.1) is 0 Å². The Kier molecular flexibility index (Phi) is 11.2. The van der Waals surface area contributed by atoms with Gasteiger partial charge in [0.1, 0.15) is 0 Å². The minimum Gasteiger partial charge on any atom is -0.272 e. The Hall–Kier alpha value is -2.19. The first kappa shape index (κ1) is 44.8. The van der Waals surface area contributed by atoms with E-state index in [-0.39, 0.29) is 0 Å². The normalized spacial score (nSPS) is 20.4. The molecule has 0 amide bonds. The van der Waals surface area contributed by atoms with E-state index < -0.39 is 85.2 Å². The van der Waals surface area contributed by atoms with E-state index in [1.54, 1.807) is 0 Å². The van der Waals surface area contributed by atoms with Crippen molar-refractivity contribution in [3.05, 3.63) is 0 Å². The summed E-state index contributed by atoms with van der Waals surface area (Å²) in [5.41, 5.74) is 0. The van der Waals surface area contributed by atoms with E-state index >= 15 is 0 Å². The van der Waals surface area contributed by atoms with E-state index in [1.165, 1.54) is 4.74 Å². The second kappa shape index (κ2) is 11.7. The Morgan fingerprint density at radius 3 is 0.745 bits per heavy atom. The van der Waals surface area contributed by atoms with Crippen LogP contribution in [-0.2, 0) is 18.9 Å². The van der Waals surface area contributed by atoms with Gasteiger partial charge in [-0.1, -0.05) is 0 Å². The zero-order chi connectivity index (χ0) is 38.9. The Morgan fingerprint density at radius 2 is 0.532 bits per heavy atom. The van der Waals surface area contributed by atoms with Crippen LogP contribution in [0.15, 0.2) is 0 Å². The third-order valence-electron chi connectivity index (χ3n) is 4.25. The van der Waals surface area contributed by atoms with Gasteiger partial charge in [0.25, 0.3) is 6.36 Å². The van der Waals surface area contributed by atoms with Gasteiger partial charge in [0, 0.05) is 0 Å². The molecule has 0 spiro atoms. The van der Waals surface area contributed by atoms with Gasteiger partial charge < -0.3 is 0 Å². The first-order chi connectivity index (χ1) is 19.7. The molecule has 0 unspecified atom stereocenters. The first-order valence-corrected chi connectivity index (χ1v) is 9.46. The molecule has 0 saturated carbocycles. The Labute approximate surface area is 233 Å². The van der Waals surface area contributed by atoms with Crippen LogP contribution in [0.5, 0.6) is 0 Å². The fourth-order valence-electron chi connectivity index (χ4n) is 2.01. The van der Waals surface area contributed by atoms with Crippen molar-refractivity contribution in [2.75, 3.05) is 0 Å². The molecular weight excluding hydrogens is 783 g/mol. The number of hydrogen-bond donors (Lipinski definition) is 0. The van der Waals surface area contributed by atoms with Gasteiger partial charge in [0.2, 0.25) is 0 Å². The van der Waals surface area contributed by atoms with Crippen LogP contribution in [0.4, 0.5) is 127 Å². The molecular formula is C14HF29O4. The van der Waals surface area contributed by atoms with E-state index in [9.17, 15) is 127 Å².